The number of rotatable bonds is 8. The van der Waals surface area contributed by atoms with Crippen LogP contribution in [0.4, 0.5) is 8.78 Å². The van der Waals surface area contributed by atoms with Crippen LogP contribution in [0.1, 0.15) is 34.9 Å². The monoisotopic (exact) mass is 382 g/mol. The Morgan fingerprint density at radius 1 is 1.31 bits per heavy atom. The number of benzene rings is 1. The van der Waals surface area contributed by atoms with Gasteiger partial charge in [-0.1, -0.05) is 24.6 Å². The van der Waals surface area contributed by atoms with Crippen LogP contribution in [-0.4, -0.2) is 24.1 Å². The predicted octanol–water partition coefficient (Wildman–Crippen LogP) is 3.87. The van der Waals surface area contributed by atoms with Gasteiger partial charge in [0.05, 0.1) is 13.1 Å². The fourth-order valence-electron chi connectivity index (χ4n) is 2.30. The summed E-state index contributed by atoms with van der Waals surface area (Å²) in [4.78, 5) is 10.1. The van der Waals surface area contributed by atoms with Gasteiger partial charge in [-0.2, -0.15) is 8.78 Å². The number of halogens is 2. The van der Waals surface area contributed by atoms with Gasteiger partial charge in [-0.3, -0.25) is 0 Å². The van der Waals surface area contributed by atoms with E-state index in [0.29, 0.717) is 24.6 Å². The van der Waals surface area contributed by atoms with E-state index >= 15 is 0 Å². The number of hydrogen-bond acceptors (Lipinski definition) is 4. The van der Waals surface area contributed by atoms with Gasteiger partial charge >= 0.3 is 6.61 Å². The van der Waals surface area contributed by atoms with E-state index in [4.69, 9.17) is 0 Å². The number of hydrogen-bond donors (Lipinski definition) is 2. The molecule has 0 atom stereocenters. The average Bonchev–Trinajstić information content (AvgIpc) is 3.07. The van der Waals surface area contributed by atoms with Crippen LogP contribution in [0.2, 0.25) is 0 Å². The van der Waals surface area contributed by atoms with Crippen molar-refractivity contribution in [3.8, 4) is 5.75 Å². The van der Waals surface area contributed by atoms with Crippen LogP contribution in [0.25, 0.3) is 0 Å². The molecule has 26 heavy (non-hydrogen) atoms. The number of alkyl halides is 2. The summed E-state index contributed by atoms with van der Waals surface area (Å²) in [6.07, 6.45) is 2.85. The van der Waals surface area contributed by atoms with E-state index in [-0.39, 0.29) is 12.3 Å². The first-order valence-corrected chi connectivity index (χ1v) is 9.33. The first-order chi connectivity index (χ1) is 12.5. The number of aryl methyl sites for hydroxylation is 2. The lowest BCUT2D eigenvalue weighted by molar-refractivity contribution is -0.0504. The molecule has 1 aromatic carbocycles. The summed E-state index contributed by atoms with van der Waals surface area (Å²) in [6, 6.07) is 5.09. The second-order valence-electron chi connectivity index (χ2n) is 5.61. The largest absolute Gasteiger partial charge is 0.434 e. The highest BCUT2D eigenvalue weighted by atomic mass is 32.1. The molecule has 0 aliphatic rings. The zero-order valence-electron chi connectivity index (χ0n) is 15.2. The number of ether oxygens (including phenoxy) is 1. The van der Waals surface area contributed by atoms with Gasteiger partial charge in [-0.05, 0) is 26.3 Å². The van der Waals surface area contributed by atoms with E-state index < -0.39 is 6.61 Å². The van der Waals surface area contributed by atoms with Crippen LogP contribution in [0.3, 0.4) is 0 Å². The number of nitrogens with zero attached hydrogens (tertiary/aromatic N) is 2. The molecule has 142 valence electrons. The van der Waals surface area contributed by atoms with Gasteiger partial charge in [0.15, 0.2) is 5.96 Å². The molecule has 1 heterocycles. The molecule has 0 saturated carbocycles. The summed E-state index contributed by atoms with van der Waals surface area (Å²) < 4.78 is 29.7. The fraction of sp³-hybridized carbons (Fsp3) is 0.444. The summed E-state index contributed by atoms with van der Waals surface area (Å²) in [6.45, 7) is 4.59. The summed E-state index contributed by atoms with van der Waals surface area (Å²) in [5.74, 6) is 0.753. The van der Waals surface area contributed by atoms with Gasteiger partial charge in [-0.15, -0.1) is 11.3 Å². The molecule has 0 saturated heterocycles. The van der Waals surface area contributed by atoms with Crippen LogP contribution in [0.5, 0.6) is 5.75 Å². The van der Waals surface area contributed by atoms with E-state index in [0.717, 1.165) is 17.0 Å². The van der Waals surface area contributed by atoms with Crippen molar-refractivity contribution >= 4 is 17.3 Å². The van der Waals surface area contributed by atoms with Crippen LogP contribution in [0.15, 0.2) is 29.4 Å². The molecule has 0 bridgehead atoms. The van der Waals surface area contributed by atoms with E-state index in [1.807, 2.05) is 20.0 Å². The summed E-state index contributed by atoms with van der Waals surface area (Å²) in [5.41, 5.74) is 1.58. The lowest BCUT2D eigenvalue weighted by Gasteiger charge is -2.12. The molecule has 8 heteroatoms. The Labute approximate surface area is 156 Å². The molecule has 2 rings (SSSR count). The number of guanidine groups is 1. The molecule has 0 radical (unpaired) electrons. The Kier molecular flexibility index (Phi) is 7.77. The Hall–Kier alpha value is -2.22. The first kappa shape index (κ1) is 20.1. The van der Waals surface area contributed by atoms with Crippen molar-refractivity contribution in [3.05, 3.63) is 45.4 Å². The number of aliphatic imine (C=N–C) groups is 1. The molecule has 5 nitrogen and oxygen atoms in total. The van der Waals surface area contributed by atoms with Crippen molar-refractivity contribution in [2.45, 2.75) is 46.9 Å². The topological polar surface area (TPSA) is 58.5 Å². The van der Waals surface area contributed by atoms with Crippen molar-refractivity contribution < 1.29 is 13.5 Å². The Bertz CT molecular complexity index is 734. The van der Waals surface area contributed by atoms with Crippen molar-refractivity contribution in [2.75, 3.05) is 6.54 Å². The van der Waals surface area contributed by atoms with Gasteiger partial charge in [0.2, 0.25) is 0 Å². The average molecular weight is 382 g/mol. The zero-order valence-corrected chi connectivity index (χ0v) is 16.0. The lowest BCUT2D eigenvalue weighted by atomic mass is 10.1. The van der Waals surface area contributed by atoms with E-state index in [9.17, 15) is 8.78 Å². The molecule has 2 N–H and O–H groups in total. The van der Waals surface area contributed by atoms with Crippen LogP contribution >= 0.6 is 11.3 Å². The molecule has 0 amide bonds. The third-order valence-corrected chi connectivity index (χ3v) is 4.68. The van der Waals surface area contributed by atoms with Gasteiger partial charge in [0, 0.05) is 23.2 Å². The molecular formula is C18H24F2N4OS. The fourth-order valence-corrected chi connectivity index (χ4v) is 3.10. The van der Waals surface area contributed by atoms with E-state index in [1.54, 1.807) is 29.5 Å². The minimum absolute atomic E-state index is 0.151. The smallest absolute Gasteiger partial charge is 0.387 e. The molecule has 2 aromatic rings. The normalized spacial score (nSPS) is 11.7. The Morgan fingerprint density at radius 2 is 2.12 bits per heavy atom. The number of nitrogens with one attached hydrogen (secondary N) is 2. The first-order valence-electron chi connectivity index (χ1n) is 8.51. The summed E-state index contributed by atoms with van der Waals surface area (Å²) in [5, 5.41) is 7.34. The highest BCUT2D eigenvalue weighted by Gasteiger charge is 2.10. The highest BCUT2D eigenvalue weighted by Crippen LogP contribution is 2.23. The van der Waals surface area contributed by atoms with Crippen molar-refractivity contribution in [2.24, 2.45) is 4.99 Å². The second-order valence-corrected chi connectivity index (χ2v) is 6.81. The van der Waals surface area contributed by atoms with Gasteiger partial charge in [-0.25, -0.2) is 9.98 Å². The van der Waals surface area contributed by atoms with Gasteiger partial charge < -0.3 is 15.4 Å². The number of thiazole rings is 1. The molecule has 1 aromatic heterocycles. The van der Waals surface area contributed by atoms with Crippen molar-refractivity contribution in [3.63, 3.8) is 0 Å². The molecule has 0 unspecified atom stereocenters. The minimum Gasteiger partial charge on any atom is -0.434 e. The van der Waals surface area contributed by atoms with E-state index in [1.165, 1.54) is 4.88 Å². The Balaban J connectivity index is 2.07. The third-order valence-electron chi connectivity index (χ3n) is 3.54. The van der Waals surface area contributed by atoms with Crippen LogP contribution < -0.4 is 15.4 Å². The summed E-state index contributed by atoms with van der Waals surface area (Å²) >= 11 is 1.66. The molecule has 0 aliphatic heterocycles. The van der Waals surface area contributed by atoms with Gasteiger partial charge in [0.1, 0.15) is 10.8 Å². The molecule has 0 spiro atoms. The maximum absolute atomic E-state index is 12.6. The number of aromatic nitrogens is 1. The second kappa shape index (κ2) is 10.1. The van der Waals surface area contributed by atoms with Gasteiger partial charge in [0.25, 0.3) is 0 Å². The zero-order chi connectivity index (χ0) is 18.9. The molecular weight excluding hydrogens is 358 g/mol. The van der Waals surface area contributed by atoms with Crippen LogP contribution in [-0.2, 0) is 19.5 Å². The maximum atomic E-state index is 12.6. The van der Waals surface area contributed by atoms with E-state index in [2.05, 4.69) is 32.3 Å². The third kappa shape index (κ3) is 6.25. The predicted molar refractivity (Wildman–Crippen MR) is 101 cm³/mol. The molecule has 0 aliphatic carbocycles. The van der Waals surface area contributed by atoms with Crippen molar-refractivity contribution in [1.82, 2.24) is 15.6 Å². The summed E-state index contributed by atoms with van der Waals surface area (Å²) in [7, 11) is 0. The lowest BCUT2D eigenvalue weighted by Crippen LogP contribution is -2.36. The highest BCUT2D eigenvalue weighted by molar-refractivity contribution is 7.11. The SMILES string of the molecule is CCNC(=NCc1cc(C)ccc1OC(F)F)NCc1ncc(CC)s1. The standard InChI is InChI=1S/C18H24F2N4OS/c1-4-14-10-22-16(26-14)11-24-18(21-5-2)23-9-13-8-12(3)6-7-15(13)25-17(19)20/h6-8,10,17H,4-5,9,11H2,1-3H3,(H2,21,23,24). The minimum atomic E-state index is -2.86. The maximum Gasteiger partial charge on any atom is 0.387 e. The Morgan fingerprint density at radius 3 is 2.77 bits per heavy atom. The van der Waals surface area contributed by atoms with Crippen LogP contribution in [0, 0.1) is 6.92 Å². The van der Waals surface area contributed by atoms with Crippen molar-refractivity contribution in [1.29, 1.82) is 0 Å². The quantitative estimate of drug-likeness (QED) is 0.538. The molecule has 0 fully saturated rings.